The van der Waals surface area contributed by atoms with Crippen molar-refractivity contribution in [1.82, 2.24) is 14.8 Å². The maximum absolute atomic E-state index is 13.7. The molecule has 2 aliphatic rings. The molecule has 2 amide bonds. The third-order valence-electron chi connectivity index (χ3n) is 4.87. The van der Waals surface area contributed by atoms with Crippen LogP contribution in [0.25, 0.3) is 0 Å². The van der Waals surface area contributed by atoms with Gasteiger partial charge in [-0.25, -0.2) is 4.39 Å². The Morgan fingerprint density at radius 1 is 1.52 bits per heavy atom. The van der Waals surface area contributed by atoms with Gasteiger partial charge in [-0.1, -0.05) is 6.92 Å². The molecule has 0 aliphatic carbocycles. The summed E-state index contributed by atoms with van der Waals surface area (Å²) >= 11 is 0. The predicted octanol–water partition coefficient (Wildman–Crippen LogP) is 1.16. The Balaban J connectivity index is 1.85. The molecular weight excluding hydrogens is 273 g/mol. The zero-order chi connectivity index (χ0) is 15.2. The quantitative estimate of drug-likeness (QED) is 0.780. The van der Waals surface area contributed by atoms with Crippen molar-refractivity contribution < 1.29 is 14.0 Å². The Labute approximate surface area is 122 Å². The first-order valence-electron chi connectivity index (χ1n) is 7.10. The molecule has 0 radical (unpaired) electrons. The van der Waals surface area contributed by atoms with Gasteiger partial charge >= 0.3 is 0 Å². The first-order chi connectivity index (χ1) is 9.95. The van der Waals surface area contributed by atoms with E-state index in [1.165, 1.54) is 12.3 Å². The predicted molar refractivity (Wildman–Crippen MR) is 73.9 cm³/mol. The molecule has 6 heteroatoms. The van der Waals surface area contributed by atoms with Crippen molar-refractivity contribution in [2.45, 2.75) is 13.3 Å². The van der Waals surface area contributed by atoms with E-state index in [1.54, 1.807) is 16.8 Å². The second-order valence-electron chi connectivity index (χ2n) is 6.08. The number of carbonyl (C=O) groups excluding carboxylic acids is 2. The standard InChI is InChI=1S/C15H18FN3O2/c1-10-8-19(9-15(10)4-6-18(2)14(15)21)13(20)11-3-5-17-7-12(11)16/h3,5,7,10H,4,6,8-9H2,1-2H3/t10-,15-/m0/s1. The molecule has 0 unspecified atom stereocenters. The number of rotatable bonds is 1. The minimum atomic E-state index is -0.619. The van der Waals surface area contributed by atoms with E-state index < -0.39 is 11.2 Å². The topological polar surface area (TPSA) is 53.5 Å². The molecule has 1 aromatic rings. The van der Waals surface area contributed by atoms with E-state index in [0.717, 1.165) is 19.2 Å². The fourth-order valence-corrected chi connectivity index (χ4v) is 3.50. The fraction of sp³-hybridized carbons (Fsp3) is 0.533. The largest absolute Gasteiger partial charge is 0.345 e. The van der Waals surface area contributed by atoms with Gasteiger partial charge in [0.25, 0.3) is 5.91 Å². The zero-order valence-corrected chi connectivity index (χ0v) is 12.2. The lowest BCUT2D eigenvalue weighted by Crippen LogP contribution is -2.39. The lowest BCUT2D eigenvalue weighted by molar-refractivity contribution is -0.135. The summed E-state index contributed by atoms with van der Waals surface area (Å²) in [6, 6.07) is 1.38. The first kappa shape index (κ1) is 14.0. The van der Waals surface area contributed by atoms with Crippen LogP contribution in [0.5, 0.6) is 0 Å². The number of nitrogens with zero attached hydrogens (tertiary/aromatic N) is 3. The van der Waals surface area contributed by atoms with E-state index in [9.17, 15) is 14.0 Å². The van der Waals surface area contributed by atoms with Gasteiger partial charge in [0, 0.05) is 32.9 Å². The maximum atomic E-state index is 13.7. The Morgan fingerprint density at radius 2 is 2.29 bits per heavy atom. The summed E-state index contributed by atoms with van der Waals surface area (Å²) in [7, 11) is 1.79. The van der Waals surface area contributed by atoms with Crippen LogP contribution in [-0.4, -0.2) is 53.3 Å². The molecule has 2 aliphatic heterocycles. The third-order valence-corrected chi connectivity index (χ3v) is 4.87. The van der Waals surface area contributed by atoms with E-state index in [1.807, 2.05) is 6.92 Å². The van der Waals surface area contributed by atoms with Gasteiger partial charge in [0.2, 0.25) is 5.91 Å². The number of aromatic nitrogens is 1. The molecule has 2 fully saturated rings. The fourth-order valence-electron chi connectivity index (χ4n) is 3.50. The van der Waals surface area contributed by atoms with Gasteiger partial charge in [-0.05, 0) is 18.4 Å². The normalized spacial score (nSPS) is 28.7. The molecular formula is C15H18FN3O2. The molecule has 1 spiro atoms. The molecule has 0 saturated carbocycles. The molecule has 0 aromatic carbocycles. The van der Waals surface area contributed by atoms with E-state index in [2.05, 4.69) is 4.98 Å². The number of likely N-dealkylation sites (tertiary alicyclic amines) is 2. The van der Waals surface area contributed by atoms with Gasteiger partial charge in [-0.2, -0.15) is 0 Å². The lowest BCUT2D eigenvalue weighted by Gasteiger charge is -2.25. The van der Waals surface area contributed by atoms with Crippen LogP contribution in [0.15, 0.2) is 18.5 Å². The lowest BCUT2D eigenvalue weighted by atomic mass is 9.78. The smallest absolute Gasteiger partial charge is 0.256 e. The summed E-state index contributed by atoms with van der Waals surface area (Å²) in [4.78, 5) is 31.9. The van der Waals surface area contributed by atoms with Crippen molar-refractivity contribution in [3.05, 3.63) is 29.8 Å². The van der Waals surface area contributed by atoms with Crippen molar-refractivity contribution in [2.75, 3.05) is 26.7 Å². The van der Waals surface area contributed by atoms with Crippen LogP contribution in [0.2, 0.25) is 0 Å². The van der Waals surface area contributed by atoms with Gasteiger partial charge in [-0.15, -0.1) is 0 Å². The van der Waals surface area contributed by atoms with Crippen LogP contribution < -0.4 is 0 Å². The first-order valence-corrected chi connectivity index (χ1v) is 7.10. The summed E-state index contributed by atoms with van der Waals surface area (Å²) in [6.45, 7) is 3.57. The van der Waals surface area contributed by atoms with Gasteiger partial charge in [0.15, 0.2) is 5.82 Å². The van der Waals surface area contributed by atoms with Crippen molar-refractivity contribution in [1.29, 1.82) is 0 Å². The van der Waals surface area contributed by atoms with Crippen molar-refractivity contribution >= 4 is 11.8 Å². The number of hydrogen-bond donors (Lipinski definition) is 0. The van der Waals surface area contributed by atoms with Crippen LogP contribution in [-0.2, 0) is 4.79 Å². The van der Waals surface area contributed by atoms with Crippen LogP contribution in [0.4, 0.5) is 4.39 Å². The van der Waals surface area contributed by atoms with Crippen LogP contribution in [0.1, 0.15) is 23.7 Å². The minimum Gasteiger partial charge on any atom is -0.345 e. The Hall–Kier alpha value is -1.98. The maximum Gasteiger partial charge on any atom is 0.256 e. The Bertz CT molecular complexity index is 606. The van der Waals surface area contributed by atoms with E-state index in [0.29, 0.717) is 13.1 Å². The Kier molecular flexibility index (Phi) is 3.19. The second-order valence-corrected chi connectivity index (χ2v) is 6.08. The van der Waals surface area contributed by atoms with E-state index in [-0.39, 0.29) is 23.3 Å². The van der Waals surface area contributed by atoms with Gasteiger partial charge in [0.1, 0.15) is 0 Å². The zero-order valence-electron chi connectivity index (χ0n) is 12.2. The molecule has 21 heavy (non-hydrogen) atoms. The van der Waals surface area contributed by atoms with Crippen LogP contribution in [0.3, 0.4) is 0 Å². The van der Waals surface area contributed by atoms with Gasteiger partial charge in [0.05, 0.1) is 17.2 Å². The summed E-state index contributed by atoms with van der Waals surface area (Å²) in [5.74, 6) is -0.795. The monoisotopic (exact) mass is 291 g/mol. The Morgan fingerprint density at radius 3 is 2.90 bits per heavy atom. The molecule has 112 valence electrons. The average Bonchev–Trinajstić information content (AvgIpc) is 2.95. The molecule has 0 bridgehead atoms. The highest BCUT2D eigenvalue weighted by Gasteiger charge is 2.55. The molecule has 5 nitrogen and oxygen atoms in total. The highest BCUT2D eigenvalue weighted by atomic mass is 19.1. The number of halogens is 1. The summed E-state index contributed by atoms with van der Waals surface area (Å²) in [5.41, 5.74) is -0.471. The second kappa shape index (κ2) is 4.79. The number of amides is 2. The highest BCUT2D eigenvalue weighted by molar-refractivity contribution is 5.96. The highest BCUT2D eigenvalue weighted by Crippen LogP contribution is 2.44. The molecule has 0 N–H and O–H groups in total. The average molecular weight is 291 g/mol. The van der Waals surface area contributed by atoms with Crippen LogP contribution in [0, 0.1) is 17.2 Å². The minimum absolute atomic E-state index is 0.0213. The van der Waals surface area contributed by atoms with Gasteiger partial charge < -0.3 is 9.80 Å². The summed E-state index contributed by atoms with van der Waals surface area (Å²) in [5, 5.41) is 0. The van der Waals surface area contributed by atoms with Crippen LogP contribution >= 0.6 is 0 Å². The molecule has 3 rings (SSSR count). The number of carbonyl (C=O) groups is 2. The number of hydrogen-bond acceptors (Lipinski definition) is 3. The molecule has 2 atom stereocenters. The SMILES string of the molecule is C[C@H]1CN(C(=O)c2ccncc2F)C[C@@]12CCN(C)C2=O. The summed E-state index contributed by atoms with van der Waals surface area (Å²) in [6.07, 6.45) is 3.20. The number of pyridine rings is 1. The van der Waals surface area contributed by atoms with Gasteiger partial charge in [-0.3, -0.25) is 14.6 Å². The van der Waals surface area contributed by atoms with E-state index in [4.69, 9.17) is 0 Å². The molecule has 1 aromatic heterocycles. The van der Waals surface area contributed by atoms with E-state index >= 15 is 0 Å². The molecule has 3 heterocycles. The molecule has 2 saturated heterocycles. The summed E-state index contributed by atoms with van der Waals surface area (Å²) < 4.78 is 13.7. The van der Waals surface area contributed by atoms with Crippen molar-refractivity contribution in [2.24, 2.45) is 11.3 Å². The van der Waals surface area contributed by atoms with Crippen molar-refractivity contribution in [3.8, 4) is 0 Å². The van der Waals surface area contributed by atoms with Crippen molar-refractivity contribution in [3.63, 3.8) is 0 Å². The third kappa shape index (κ3) is 2.01.